The summed E-state index contributed by atoms with van der Waals surface area (Å²) < 4.78 is 0. The second-order valence-corrected chi connectivity index (χ2v) is 2.61. The average molecular weight is 180 g/mol. The molecule has 12 heavy (non-hydrogen) atoms. The third-order valence-electron chi connectivity index (χ3n) is 1.42. The first kappa shape index (κ1) is 9.12. The first-order valence-electron chi connectivity index (χ1n) is 3.70. The Bertz CT molecular complexity index is 309. The lowest BCUT2D eigenvalue weighted by Crippen LogP contribution is -1.93. The van der Waals surface area contributed by atoms with Crippen molar-refractivity contribution in [2.24, 2.45) is 5.73 Å². The molecule has 1 aromatic carbocycles. The molecule has 0 atom stereocenters. The molecule has 0 unspecified atom stereocenters. The number of halogens is 1. The topological polar surface area (TPSA) is 26.0 Å². The molecule has 0 spiro atoms. The summed E-state index contributed by atoms with van der Waals surface area (Å²) in [6.45, 7) is 0.394. The fourth-order valence-electron chi connectivity index (χ4n) is 0.885. The van der Waals surface area contributed by atoms with Crippen LogP contribution in [0.3, 0.4) is 0 Å². The van der Waals surface area contributed by atoms with Crippen molar-refractivity contribution in [1.82, 2.24) is 0 Å². The monoisotopic (exact) mass is 179 g/mol. The number of nitrogens with two attached hydrogens (primary N) is 1. The molecule has 0 fully saturated rings. The molecule has 2 heteroatoms. The van der Waals surface area contributed by atoms with Crippen LogP contribution in [0.2, 0.25) is 0 Å². The van der Waals surface area contributed by atoms with Gasteiger partial charge in [0.25, 0.3) is 0 Å². The first-order chi connectivity index (χ1) is 5.86. The van der Waals surface area contributed by atoms with Gasteiger partial charge in [0, 0.05) is 11.4 Å². The summed E-state index contributed by atoms with van der Waals surface area (Å²) in [7, 11) is 0. The predicted octanol–water partition coefficient (Wildman–Crippen LogP) is 1.74. The number of hydrogen-bond acceptors (Lipinski definition) is 1. The maximum Gasteiger partial charge on any atom is 0.0555 e. The van der Waals surface area contributed by atoms with Crippen LogP contribution >= 0.6 is 11.6 Å². The highest BCUT2D eigenvalue weighted by molar-refractivity contribution is 6.17. The molecule has 0 aliphatic carbocycles. The summed E-state index contributed by atoms with van der Waals surface area (Å²) in [6.07, 6.45) is 0. The minimum absolute atomic E-state index is 0.394. The largest absolute Gasteiger partial charge is 0.320 e. The van der Waals surface area contributed by atoms with E-state index in [2.05, 4.69) is 11.8 Å². The first-order valence-corrected chi connectivity index (χ1v) is 4.24. The van der Waals surface area contributed by atoms with Crippen LogP contribution in [0.15, 0.2) is 24.3 Å². The van der Waals surface area contributed by atoms with Crippen molar-refractivity contribution in [3.05, 3.63) is 35.4 Å². The number of benzene rings is 1. The molecular formula is C10H10ClN. The Morgan fingerprint density at radius 2 is 2.25 bits per heavy atom. The van der Waals surface area contributed by atoms with E-state index in [1.165, 1.54) is 0 Å². The fourth-order valence-corrected chi connectivity index (χ4v) is 1.05. The molecule has 0 radical (unpaired) electrons. The summed E-state index contributed by atoms with van der Waals surface area (Å²) in [5, 5.41) is 0. The minimum atomic E-state index is 0.394. The summed E-state index contributed by atoms with van der Waals surface area (Å²) in [4.78, 5) is 0. The molecule has 1 nitrogen and oxygen atoms in total. The van der Waals surface area contributed by atoms with E-state index in [1.54, 1.807) is 0 Å². The normalized spacial score (nSPS) is 8.83. The van der Waals surface area contributed by atoms with Gasteiger partial charge in [-0.25, -0.2) is 0 Å². The third-order valence-corrected chi connectivity index (χ3v) is 1.72. The van der Waals surface area contributed by atoms with E-state index >= 15 is 0 Å². The van der Waals surface area contributed by atoms with Gasteiger partial charge in [-0.15, -0.1) is 11.6 Å². The van der Waals surface area contributed by atoms with Gasteiger partial charge in [0.1, 0.15) is 0 Å². The number of alkyl halides is 1. The van der Waals surface area contributed by atoms with Gasteiger partial charge in [0.15, 0.2) is 0 Å². The molecular weight excluding hydrogens is 170 g/mol. The van der Waals surface area contributed by atoms with Crippen LogP contribution in [-0.4, -0.2) is 6.54 Å². The summed E-state index contributed by atoms with van der Waals surface area (Å²) in [5.41, 5.74) is 7.30. The SMILES string of the molecule is NCC#Cc1cccc(CCl)c1. The summed E-state index contributed by atoms with van der Waals surface area (Å²) in [5.74, 6) is 6.26. The van der Waals surface area contributed by atoms with Gasteiger partial charge in [-0.3, -0.25) is 0 Å². The van der Waals surface area contributed by atoms with Gasteiger partial charge in [-0.2, -0.15) is 0 Å². The van der Waals surface area contributed by atoms with E-state index in [9.17, 15) is 0 Å². The fraction of sp³-hybridized carbons (Fsp3) is 0.200. The maximum atomic E-state index is 5.66. The van der Waals surface area contributed by atoms with Crippen LogP contribution in [-0.2, 0) is 5.88 Å². The van der Waals surface area contributed by atoms with Gasteiger partial charge >= 0.3 is 0 Å². The van der Waals surface area contributed by atoms with Crippen molar-refractivity contribution in [2.75, 3.05) is 6.54 Å². The average Bonchev–Trinajstić information content (AvgIpc) is 2.15. The predicted molar refractivity (Wildman–Crippen MR) is 51.9 cm³/mol. The van der Waals surface area contributed by atoms with Crippen LogP contribution in [0.4, 0.5) is 0 Å². The summed E-state index contributed by atoms with van der Waals surface area (Å²) >= 11 is 5.66. The molecule has 62 valence electrons. The molecule has 0 aliphatic heterocycles. The Hall–Kier alpha value is -0.970. The lowest BCUT2D eigenvalue weighted by molar-refractivity contribution is 1.30. The maximum absolute atomic E-state index is 5.66. The molecule has 2 N–H and O–H groups in total. The van der Waals surface area contributed by atoms with Gasteiger partial charge in [-0.1, -0.05) is 24.0 Å². The van der Waals surface area contributed by atoms with Crippen LogP contribution in [0, 0.1) is 11.8 Å². The lowest BCUT2D eigenvalue weighted by Gasteiger charge is -1.94. The Balaban J connectivity index is 2.86. The Morgan fingerprint density at radius 1 is 1.42 bits per heavy atom. The second-order valence-electron chi connectivity index (χ2n) is 2.34. The van der Waals surface area contributed by atoms with Gasteiger partial charge in [0.2, 0.25) is 0 Å². The van der Waals surface area contributed by atoms with E-state index in [1.807, 2.05) is 24.3 Å². The Labute approximate surface area is 77.5 Å². The highest BCUT2D eigenvalue weighted by atomic mass is 35.5. The zero-order valence-corrected chi connectivity index (χ0v) is 7.43. The van der Waals surface area contributed by atoms with Crippen LogP contribution in [0.25, 0.3) is 0 Å². The van der Waals surface area contributed by atoms with Crippen molar-refractivity contribution in [3.8, 4) is 11.8 Å². The van der Waals surface area contributed by atoms with Crippen LogP contribution in [0.1, 0.15) is 11.1 Å². The molecule has 0 heterocycles. The standard InChI is InChI=1S/C10H10ClN/c11-8-10-4-1-3-9(7-10)5-2-6-12/h1,3-4,7H,6,8,12H2. The van der Waals surface area contributed by atoms with Crippen molar-refractivity contribution in [2.45, 2.75) is 5.88 Å². The van der Waals surface area contributed by atoms with Crippen molar-refractivity contribution in [1.29, 1.82) is 0 Å². The highest BCUT2D eigenvalue weighted by Gasteiger charge is 1.89. The molecule has 0 aromatic heterocycles. The highest BCUT2D eigenvalue weighted by Crippen LogP contribution is 2.06. The minimum Gasteiger partial charge on any atom is -0.320 e. The number of hydrogen-bond donors (Lipinski definition) is 1. The van der Waals surface area contributed by atoms with Crippen molar-refractivity contribution in [3.63, 3.8) is 0 Å². The zero-order valence-electron chi connectivity index (χ0n) is 6.68. The molecule has 0 amide bonds. The van der Waals surface area contributed by atoms with Gasteiger partial charge in [-0.05, 0) is 17.7 Å². The van der Waals surface area contributed by atoms with E-state index in [0.717, 1.165) is 11.1 Å². The van der Waals surface area contributed by atoms with Crippen molar-refractivity contribution >= 4 is 11.6 Å². The molecule has 0 saturated heterocycles. The van der Waals surface area contributed by atoms with Crippen LogP contribution < -0.4 is 5.73 Å². The van der Waals surface area contributed by atoms with Gasteiger partial charge in [0.05, 0.1) is 6.54 Å². The third kappa shape index (κ3) is 2.58. The molecule has 0 saturated carbocycles. The number of rotatable bonds is 1. The summed E-state index contributed by atoms with van der Waals surface area (Å²) in [6, 6.07) is 7.83. The van der Waals surface area contributed by atoms with E-state index in [4.69, 9.17) is 17.3 Å². The molecule has 0 aliphatic rings. The quantitative estimate of drug-likeness (QED) is 0.516. The zero-order chi connectivity index (χ0) is 8.81. The molecule has 1 rings (SSSR count). The lowest BCUT2D eigenvalue weighted by atomic mass is 10.1. The van der Waals surface area contributed by atoms with E-state index in [-0.39, 0.29) is 0 Å². The molecule has 0 bridgehead atoms. The van der Waals surface area contributed by atoms with Crippen LogP contribution in [0.5, 0.6) is 0 Å². The van der Waals surface area contributed by atoms with Crippen molar-refractivity contribution < 1.29 is 0 Å². The van der Waals surface area contributed by atoms with Gasteiger partial charge < -0.3 is 5.73 Å². The van der Waals surface area contributed by atoms with E-state index in [0.29, 0.717) is 12.4 Å². The molecule has 1 aromatic rings. The smallest absolute Gasteiger partial charge is 0.0555 e. The second kappa shape index (κ2) is 4.82. The Kier molecular flexibility index (Phi) is 3.66. The van der Waals surface area contributed by atoms with E-state index < -0.39 is 0 Å². The Morgan fingerprint density at radius 3 is 2.92 bits per heavy atom.